The highest BCUT2D eigenvalue weighted by molar-refractivity contribution is 5.17. The summed E-state index contributed by atoms with van der Waals surface area (Å²) in [5.74, 6) is -0.984. The van der Waals surface area contributed by atoms with Gasteiger partial charge < -0.3 is 0 Å². The zero-order valence-electron chi connectivity index (χ0n) is 8.55. The zero-order chi connectivity index (χ0) is 10.7. The molecule has 2 rings (SSSR count). The van der Waals surface area contributed by atoms with E-state index >= 15 is 0 Å². The number of hydrogen-bond donors (Lipinski definition) is 0. The molecule has 1 saturated heterocycles. The third kappa shape index (κ3) is 2.99. The first kappa shape index (κ1) is 10.6. The summed E-state index contributed by atoms with van der Waals surface area (Å²) in [5, 5.41) is 0. The monoisotopic (exact) mass is 210 g/mol. The van der Waals surface area contributed by atoms with Gasteiger partial charge in [-0.05, 0) is 50.0 Å². The molecule has 1 aromatic rings. The van der Waals surface area contributed by atoms with Crippen LogP contribution in [-0.4, -0.2) is 18.0 Å². The minimum Gasteiger partial charge on any atom is -0.299 e. The summed E-state index contributed by atoms with van der Waals surface area (Å²) in [6, 6.07) is 3.72. The van der Waals surface area contributed by atoms with Crippen molar-refractivity contribution in [1.82, 2.24) is 4.90 Å². The van der Waals surface area contributed by atoms with Crippen molar-refractivity contribution in [2.45, 2.75) is 19.4 Å². The topological polar surface area (TPSA) is 3.24 Å². The molecule has 81 valence electrons. The number of benzene rings is 1. The lowest BCUT2D eigenvalue weighted by Crippen LogP contribution is -2.29. The second-order valence-electron chi connectivity index (χ2n) is 3.92. The van der Waals surface area contributed by atoms with E-state index in [9.17, 15) is 8.78 Å². The molecule has 0 aromatic heterocycles. The molecule has 0 atom stereocenters. The predicted molar refractivity (Wildman–Crippen MR) is 55.2 cm³/mol. The maximum Gasteiger partial charge on any atom is 0.126 e. The molecule has 15 heavy (non-hydrogen) atoms. The van der Waals surface area contributed by atoms with E-state index in [2.05, 4.69) is 11.3 Å². The lowest BCUT2D eigenvalue weighted by Gasteiger charge is -2.26. The van der Waals surface area contributed by atoms with Crippen LogP contribution in [0, 0.1) is 18.1 Å². The van der Waals surface area contributed by atoms with E-state index in [0.717, 1.165) is 37.6 Å². The Balaban J connectivity index is 2.02. The Labute approximate surface area is 88.7 Å². The van der Waals surface area contributed by atoms with Crippen LogP contribution in [0.5, 0.6) is 0 Å². The van der Waals surface area contributed by atoms with Gasteiger partial charge in [0.25, 0.3) is 0 Å². The first-order valence-electron chi connectivity index (χ1n) is 5.23. The number of nitrogens with zero attached hydrogens (tertiary/aromatic N) is 1. The van der Waals surface area contributed by atoms with Crippen molar-refractivity contribution in [2.24, 2.45) is 0 Å². The van der Waals surface area contributed by atoms with Crippen LogP contribution in [0.2, 0.25) is 0 Å². The van der Waals surface area contributed by atoms with Crippen molar-refractivity contribution >= 4 is 0 Å². The van der Waals surface area contributed by atoms with Gasteiger partial charge in [-0.3, -0.25) is 4.90 Å². The van der Waals surface area contributed by atoms with Gasteiger partial charge in [0.15, 0.2) is 0 Å². The van der Waals surface area contributed by atoms with E-state index in [-0.39, 0.29) is 0 Å². The standard InChI is InChI=1S/C12H14F2N/c13-11-6-10(7-12(14)8-11)9-15-4-2-1-3-5-15/h1,6-8H,2-5,9H2. The van der Waals surface area contributed by atoms with Crippen LogP contribution < -0.4 is 0 Å². The molecule has 0 aliphatic carbocycles. The maximum atomic E-state index is 12.9. The van der Waals surface area contributed by atoms with E-state index in [1.54, 1.807) is 0 Å². The van der Waals surface area contributed by atoms with Gasteiger partial charge in [-0.2, -0.15) is 0 Å². The van der Waals surface area contributed by atoms with Crippen molar-refractivity contribution in [3.63, 3.8) is 0 Å². The quantitative estimate of drug-likeness (QED) is 0.725. The Kier molecular flexibility index (Phi) is 3.31. The van der Waals surface area contributed by atoms with Crippen molar-refractivity contribution in [1.29, 1.82) is 0 Å². The molecule has 1 aliphatic heterocycles. The van der Waals surface area contributed by atoms with Crippen molar-refractivity contribution in [3.8, 4) is 0 Å². The van der Waals surface area contributed by atoms with Gasteiger partial charge in [0.2, 0.25) is 0 Å². The molecular weight excluding hydrogens is 196 g/mol. The third-order valence-electron chi connectivity index (χ3n) is 2.63. The molecule has 0 saturated carbocycles. The Bertz CT molecular complexity index is 312. The van der Waals surface area contributed by atoms with Crippen molar-refractivity contribution < 1.29 is 8.78 Å². The minimum absolute atomic E-state index is 0.492. The summed E-state index contributed by atoms with van der Waals surface area (Å²) >= 11 is 0. The summed E-state index contributed by atoms with van der Waals surface area (Å²) in [6.45, 7) is 2.61. The molecular formula is C12H14F2N. The Hall–Kier alpha value is -0.960. The van der Waals surface area contributed by atoms with Crippen LogP contribution in [-0.2, 0) is 6.54 Å². The smallest absolute Gasteiger partial charge is 0.126 e. The van der Waals surface area contributed by atoms with Gasteiger partial charge in [-0.15, -0.1) is 0 Å². The van der Waals surface area contributed by atoms with E-state index in [4.69, 9.17) is 0 Å². The van der Waals surface area contributed by atoms with E-state index < -0.39 is 11.6 Å². The Morgan fingerprint density at radius 1 is 1.00 bits per heavy atom. The fourth-order valence-electron chi connectivity index (χ4n) is 1.92. The van der Waals surface area contributed by atoms with E-state index in [0.29, 0.717) is 6.54 Å². The second-order valence-corrected chi connectivity index (χ2v) is 3.92. The second kappa shape index (κ2) is 4.71. The van der Waals surface area contributed by atoms with Crippen molar-refractivity contribution in [2.75, 3.05) is 13.1 Å². The first-order chi connectivity index (χ1) is 7.24. The lowest BCUT2D eigenvalue weighted by molar-refractivity contribution is 0.245. The summed E-state index contributed by atoms with van der Waals surface area (Å²) < 4.78 is 25.8. The fraction of sp³-hybridized carbons (Fsp3) is 0.417. The van der Waals surface area contributed by atoms with Gasteiger partial charge in [-0.1, -0.05) is 0 Å². The summed E-state index contributed by atoms with van der Waals surface area (Å²) in [7, 11) is 0. The van der Waals surface area contributed by atoms with Gasteiger partial charge >= 0.3 is 0 Å². The van der Waals surface area contributed by atoms with Crippen LogP contribution in [0.4, 0.5) is 8.78 Å². The predicted octanol–water partition coefficient (Wildman–Crippen LogP) is 2.76. The molecule has 0 spiro atoms. The number of hydrogen-bond acceptors (Lipinski definition) is 1. The average molecular weight is 210 g/mol. The summed E-state index contributed by atoms with van der Waals surface area (Å²) in [5.41, 5.74) is 0.717. The molecule has 0 unspecified atom stereocenters. The fourth-order valence-corrected chi connectivity index (χ4v) is 1.92. The summed E-state index contributed by atoms with van der Waals surface area (Å²) in [4.78, 5) is 2.22. The Morgan fingerprint density at radius 2 is 1.60 bits per heavy atom. The molecule has 1 heterocycles. The number of rotatable bonds is 2. The molecule has 1 fully saturated rings. The average Bonchev–Trinajstić information content (AvgIpc) is 2.17. The SMILES string of the molecule is Fc1cc(F)cc(CN2CC[CH]CC2)c1. The number of likely N-dealkylation sites (tertiary alicyclic amines) is 1. The molecule has 1 radical (unpaired) electrons. The van der Waals surface area contributed by atoms with Crippen LogP contribution >= 0.6 is 0 Å². The molecule has 1 nitrogen and oxygen atoms in total. The molecule has 1 aliphatic rings. The molecule has 0 bridgehead atoms. The molecule has 0 amide bonds. The Morgan fingerprint density at radius 3 is 2.20 bits per heavy atom. The zero-order valence-corrected chi connectivity index (χ0v) is 8.55. The summed E-state index contributed by atoms with van der Waals surface area (Å²) in [6.07, 6.45) is 4.39. The molecule has 3 heteroatoms. The number of halogens is 2. The highest BCUT2D eigenvalue weighted by Crippen LogP contribution is 2.14. The van der Waals surface area contributed by atoms with Gasteiger partial charge in [0, 0.05) is 12.6 Å². The largest absolute Gasteiger partial charge is 0.299 e. The lowest BCUT2D eigenvalue weighted by atomic mass is 10.1. The maximum absolute atomic E-state index is 12.9. The van der Waals surface area contributed by atoms with Gasteiger partial charge in [-0.25, -0.2) is 8.78 Å². The molecule has 0 N–H and O–H groups in total. The minimum atomic E-state index is -0.492. The van der Waals surface area contributed by atoms with Crippen LogP contribution in [0.25, 0.3) is 0 Å². The van der Waals surface area contributed by atoms with E-state index in [1.165, 1.54) is 12.1 Å². The normalized spacial score (nSPS) is 18.0. The van der Waals surface area contributed by atoms with Crippen LogP contribution in [0.3, 0.4) is 0 Å². The molecule has 1 aromatic carbocycles. The van der Waals surface area contributed by atoms with Gasteiger partial charge in [0.1, 0.15) is 11.6 Å². The van der Waals surface area contributed by atoms with Gasteiger partial charge in [0.05, 0.1) is 0 Å². The van der Waals surface area contributed by atoms with Crippen molar-refractivity contribution in [3.05, 3.63) is 41.8 Å². The first-order valence-corrected chi connectivity index (χ1v) is 5.23. The highest BCUT2D eigenvalue weighted by Gasteiger charge is 2.11. The van der Waals surface area contributed by atoms with Crippen LogP contribution in [0.1, 0.15) is 18.4 Å². The van der Waals surface area contributed by atoms with Crippen LogP contribution in [0.15, 0.2) is 18.2 Å². The third-order valence-corrected chi connectivity index (χ3v) is 2.63. The highest BCUT2D eigenvalue weighted by atomic mass is 19.1. The number of piperidine rings is 1. The van der Waals surface area contributed by atoms with E-state index in [1.807, 2.05) is 0 Å².